The molecule has 0 saturated heterocycles. The van der Waals surface area contributed by atoms with Crippen molar-refractivity contribution < 1.29 is 9.53 Å². The van der Waals surface area contributed by atoms with Crippen LogP contribution in [0.4, 0.5) is 0 Å². The third-order valence-electron chi connectivity index (χ3n) is 2.11. The zero-order valence-electron chi connectivity index (χ0n) is 8.83. The van der Waals surface area contributed by atoms with E-state index in [1.165, 1.54) is 7.11 Å². The second-order valence-electron chi connectivity index (χ2n) is 3.47. The molecule has 13 heavy (non-hydrogen) atoms. The molecule has 0 spiro atoms. The lowest BCUT2D eigenvalue weighted by atomic mass is 10.0. The maximum absolute atomic E-state index is 11.4. The van der Waals surface area contributed by atoms with E-state index in [0.717, 1.165) is 0 Å². The van der Waals surface area contributed by atoms with Gasteiger partial charge >= 0.3 is 0 Å². The van der Waals surface area contributed by atoms with Crippen LogP contribution in [-0.4, -0.2) is 31.7 Å². The Morgan fingerprint density at radius 2 is 2.00 bits per heavy atom. The molecule has 0 aliphatic heterocycles. The van der Waals surface area contributed by atoms with Crippen molar-refractivity contribution in [2.24, 2.45) is 11.7 Å². The van der Waals surface area contributed by atoms with Gasteiger partial charge in [-0.25, -0.2) is 0 Å². The van der Waals surface area contributed by atoms with Crippen LogP contribution < -0.4 is 11.1 Å². The highest BCUT2D eigenvalue weighted by molar-refractivity contribution is 5.80. The molecule has 2 unspecified atom stereocenters. The molecule has 0 heterocycles. The molecule has 0 aliphatic carbocycles. The SMILES string of the molecule is COC(C)C(=O)NC(CN)C(C)C. The van der Waals surface area contributed by atoms with E-state index in [1.807, 2.05) is 13.8 Å². The normalized spacial score (nSPS) is 15.5. The number of methoxy groups -OCH3 is 1. The Morgan fingerprint density at radius 3 is 2.31 bits per heavy atom. The first-order chi connectivity index (χ1) is 6.02. The highest BCUT2D eigenvalue weighted by Gasteiger charge is 2.18. The van der Waals surface area contributed by atoms with Gasteiger partial charge in [0.05, 0.1) is 0 Å². The highest BCUT2D eigenvalue weighted by Crippen LogP contribution is 2.00. The van der Waals surface area contributed by atoms with E-state index in [-0.39, 0.29) is 11.9 Å². The summed E-state index contributed by atoms with van der Waals surface area (Å²) >= 11 is 0. The maximum atomic E-state index is 11.4. The monoisotopic (exact) mass is 188 g/mol. The number of carbonyl (C=O) groups is 1. The van der Waals surface area contributed by atoms with Crippen molar-refractivity contribution in [2.45, 2.75) is 32.9 Å². The molecule has 0 saturated carbocycles. The van der Waals surface area contributed by atoms with Gasteiger partial charge < -0.3 is 15.8 Å². The summed E-state index contributed by atoms with van der Waals surface area (Å²) in [6, 6.07) is 0.0325. The molecule has 0 aliphatic rings. The Kier molecular flexibility index (Phi) is 5.66. The van der Waals surface area contributed by atoms with Gasteiger partial charge in [0.2, 0.25) is 5.91 Å². The minimum atomic E-state index is -0.409. The number of nitrogens with two attached hydrogens (primary N) is 1. The number of rotatable bonds is 5. The third-order valence-corrected chi connectivity index (χ3v) is 2.11. The fraction of sp³-hybridized carbons (Fsp3) is 0.889. The number of hydrogen-bond donors (Lipinski definition) is 2. The van der Waals surface area contributed by atoms with E-state index in [0.29, 0.717) is 12.5 Å². The second kappa shape index (κ2) is 5.94. The molecular weight excluding hydrogens is 168 g/mol. The Morgan fingerprint density at radius 1 is 1.46 bits per heavy atom. The van der Waals surface area contributed by atoms with Gasteiger partial charge in [0.1, 0.15) is 6.10 Å². The summed E-state index contributed by atoms with van der Waals surface area (Å²) in [5, 5.41) is 2.83. The van der Waals surface area contributed by atoms with Crippen molar-refractivity contribution in [3.63, 3.8) is 0 Å². The Hall–Kier alpha value is -0.610. The average molecular weight is 188 g/mol. The first-order valence-electron chi connectivity index (χ1n) is 4.56. The molecule has 0 rings (SSSR count). The molecule has 0 aromatic carbocycles. The van der Waals surface area contributed by atoms with Crippen LogP contribution in [-0.2, 0) is 9.53 Å². The molecule has 0 bridgehead atoms. The molecular formula is C9H20N2O2. The summed E-state index contributed by atoms with van der Waals surface area (Å²) in [5.41, 5.74) is 5.51. The van der Waals surface area contributed by atoms with Gasteiger partial charge in [-0.15, -0.1) is 0 Å². The first kappa shape index (κ1) is 12.4. The van der Waals surface area contributed by atoms with Crippen LogP contribution >= 0.6 is 0 Å². The Balaban J connectivity index is 4.01. The Labute approximate surface area is 79.8 Å². The van der Waals surface area contributed by atoms with Crippen LogP contribution in [0.3, 0.4) is 0 Å². The lowest BCUT2D eigenvalue weighted by Gasteiger charge is -2.22. The van der Waals surface area contributed by atoms with Gasteiger partial charge in [-0.1, -0.05) is 13.8 Å². The van der Waals surface area contributed by atoms with E-state index < -0.39 is 6.10 Å². The van der Waals surface area contributed by atoms with E-state index in [9.17, 15) is 4.79 Å². The summed E-state index contributed by atoms with van der Waals surface area (Å²) in [6.07, 6.45) is -0.409. The lowest BCUT2D eigenvalue weighted by Crippen LogP contribution is -2.47. The van der Waals surface area contributed by atoms with Crippen molar-refractivity contribution in [1.82, 2.24) is 5.32 Å². The summed E-state index contributed by atoms with van der Waals surface area (Å²) in [7, 11) is 1.51. The van der Waals surface area contributed by atoms with Gasteiger partial charge in [0.15, 0.2) is 0 Å². The molecule has 1 amide bonds. The van der Waals surface area contributed by atoms with Crippen molar-refractivity contribution in [1.29, 1.82) is 0 Å². The number of ether oxygens (including phenoxy) is 1. The molecule has 3 N–H and O–H groups in total. The zero-order valence-corrected chi connectivity index (χ0v) is 8.83. The van der Waals surface area contributed by atoms with Gasteiger partial charge in [-0.05, 0) is 12.8 Å². The summed E-state index contributed by atoms with van der Waals surface area (Å²) in [6.45, 7) is 6.22. The summed E-state index contributed by atoms with van der Waals surface area (Å²) in [4.78, 5) is 11.4. The van der Waals surface area contributed by atoms with Crippen LogP contribution in [0.1, 0.15) is 20.8 Å². The molecule has 78 valence electrons. The van der Waals surface area contributed by atoms with Crippen LogP contribution in [0.25, 0.3) is 0 Å². The summed E-state index contributed by atoms with van der Waals surface area (Å²) in [5.74, 6) is 0.240. The van der Waals surface area contributed by atoms with Crippen LogP contribution in [0.2, 0.25) is 0 Å². The number of hydrogen-bond acceptors (Lipinski definition) is 3. The fourth-order valence-corrected chi connectivity index (χ4v) is 0.905. The first-order valence-corrected chi connectivity index (χ1v) is 4.56. The minimum Gasteiger partial charge on any atom is -0.372 e. The topological polar surface area (TPSA) is 64.3 Å². The van der Waals surface area contributed by atoms with Crippen molar-refractivity contribution >= 4 is 5.91 Å². The molecule has 0 aromatic heterocycles. The van der Waals surface area contributed by atoms with E-state index in [2.05, 4.69) is 5.32 Å². The predicted molar refractivity (Wildman–Crippen MR) is 52.3 cm³/mol. The molecule has 0 radical (unpaired) electrons. The van der Waals surface area contributed by atoms with Gasteiger partial charge in [0.25, 0.3) is 0 Å². The minimum absolute atomic E-state index is 0.0325. The number of nitrogens with one attached hydrogen (secondary N) is 1. The quantitative estimate of drug-likeness (QED) is 0.644. The average Bonchev–Trinajstić information content (AvgIpc) is 2.11. The van der Waals surface area contributed by atoms with Crippen LogP contribution in [0.5, 0.6) is 0 Å². The molecule has 0 fully saturated rings. The standard InChI is InChI=1S/C9H20N2O2/c1-6(2)8(5-10)11-9(12)7(3)13-4/h6-8H,5,10H2,1-4H3,(H,11,12). The van der Waals surface area contributed by atoms with Crippen molar-refractivity contribution in [3.05, 3.63) is 0 Å². The second-order valence-corrected chi connectivity index (χ2v) is 3.47. The van der Waals surface area contributed by atoms with Crippen LogP contribution in [0, 0.1) is 5.92 Å². The summed E-state index contributed by atoms with van der Waals surface area (Å²) < 4.78 is 4.88. The van der Waals surface area contributed by atoms with Crippen LogP contribution in [0.15, 0.2) is 0 Å². The lowest BCUT2D eigenvalue weighted by molar-refractivity contribution is -0.131. The van der Waals surface area contributed by atoms with Gasteiger partial charge in [0, 0.05) is 19.7 Å². The van der Waals surface area contributed by atoms with Gasteiger partial charge in [-0.2, -0.15) is 0 Å². The third kappa shape index (κ3) is 4.24. The molecule has 4 heteroatoms. The van der Waals surface area contributed by atoms with Crippen molar-refractivity contribution in [3.8, 4) is 0 Å². The van der Waals surface area contributed by atoms with Crippen molar-refractivity contribution in [2.75, 3.05) is 13.7 Å². The highest BCUT2D eigenvalue weighted by atomic mass is 16.5. The maximum Gasteiger partial charge on any atom is 0.249 e. The number of amides is 1. The van der Waals surface area contributed by atoms with Gasteiger partial charge in [-0.3, -0.25) is 4.79 Å². The molecule has 4 nitrogen and oxygen atoms in total. The molecule has 2 atom stereocenters. The Bertz CT molecular complexity index is 160. The van der Waals surface area contributed by atoms with E-state index >= 15 is 0 Å². The predicted octanol–water partition coefficient (Wildman–Crippen LogP) is 0.121. The van der Waals surface area contributed by atoms with E-state index in [1.54, 1.807) is 6.92 Å². The zero-order chi connectivity index (χ0) is 10.4. The fourth-order valence-electron chi connectivity index (χ4n) is 0.905. The molecule has 0 aromatic rings. The largest absolute Gasteiger partial charge is 0.372 e. The number of carbonyl (C=O) groups excluding carboxylic acids is 1. The van der Waals surface area contributed by atoms with E-state index in [4.69, 9.17) is 10.5 Å². The smallest absolute Gasteiger partial charge is 0.249 e.